The van der Waals surface area contributed by atoms with Gasteiger partial charge in [-0.2, -0.15) is 5.10 Å². The topological polar surface area (TPSA) is 46.9 Å². The molecule has 0 bridgehead atoms. The lowest BCUT2D eigenvalue weighted by atomic mass is 10.2. The average Bonchev–Trinajstić information content (AvgIpc) is 2.99. The quantitative estimate of drug-likeness (QED) is 0.833. The predicted octanol–water partition coefficient (Wildman–Crippen LogP) is 1.06. The summed E-state index contributed by atoms with van der Waals surface area (Å²) in [6.45, 7) is 1.31. The van der Waals surface area contributed by atoms with Gasteiger partial charge in [0.25, 0.3) is 0 Å². The van der Waals surface area contributed by atoms with Crippen molar-refractivity contribution in [2.75, 3.05) is 6.54 Å². The third kappa shape index (κ3) is 1.53. The number of aromatic nitrogens is 2. The van der Waals surface area contributed by atoms with Crippen LogP contribution >= 0.6 is 11.6 Å². The maximum absolute atomic E-state index is 11.6. The zero-order valence-corrected chi connectivity index (χ0v) is 9.00. The van der Waals surface area contributed by atoms with E-state index in [-0.39, 0.29) is 11.3 Å². The number of halogens is 1. The third-order valence-electron chi connectivity index (χ3n) is 3.36. The van der Waals surface area contributed by atoms with E-state index in [0.29, 0.717) is 24.0 Å². The number of hydrogen-bond donors (Lipinski definition) is 1. The van der Waals surface area contributed by atoms with Crippen molar-refractivity contribution >= 4 is 17.5 Å². The fourth-order valence-corrected chi connectivity index (χ4v) is 2.15. The second kappa shape index (κ2) is 2.98. The normalized spacial score (nSPS) is 30.9. The minimum Gasteiger partial charge on any atom is -0.354 e. The summed E-state index contributed by atoms with van der Waals surface area (Å²) in [5.41, 5.74) is 0.0712. The Hall–Kier alpha value is -1.03. The van der Waals surface area contributed by atoms with Gasteiger partial charge in [-0.1, -0.05) is 11.6 Å². The van der Waals surface area contributed by atoms with E-state index in [1.54, 1.807) is 17.1 Å². The Kier molecular flexibility index (Phi) is 1.83. The fourth-order valence-electron chi connectivity index (χ4n) is 1.99. The van der Waals surface area contributed by atoms with Gasteiger partial charge in [0, 0.05) is 12.7 Å². The molecule has 80 valence electrons. The third-order valence-corrected chi connectivity index (χ3v) is 3.56. The Bertz CT molecular complexity index is 409. The van der Waals surface area contributed by atoms with E-state index in [0.717, 1.165) is 12.8 Å². The van der Waals surface area contributed by atoms with Gasteiger partial charge in [-0.3, -0.25) is 9.48 Å². The molecule has 1 heterocycles. The molecule has 2 aliphatic carbocycles. The fraction of sp³-hybridized carbons (Fsp3) is 0.600. The van der Waals surface area contributed by atoms with Crippen LogP contribution < -0.4 is 5.32 Å². The Morgan fingerprint density at radius 3 is 3.00 bits per heavy atom. The Balaban J connectivity index is 1.45. The molecule has 1 aromatic rings. The number of hydrogen-bond acceptors (Lipinski definition) is 2. The Labute approximate surface area is 92.6 Å². The standard InChI is InChI=1S/C10H12ClN3O/c11-8-5-13-14(6-8)2-1-12-9(15)10-3-7(10)4-10/h5-7H,1-4H2,(H,12,15). The Morgan fingerprint density at radius 2 is 2.47 bits per heavy atom. The van der Waals surface area contributed by atoms with Crippen molar-refractivity contribution in [1.82, 2.24) is 15.1 Å². The number of rotatable bonds is 4. The Morgan fingerprint density at radius 1 is 1.73 bits per heavy atom. The molecule has 0 atom stereocenters. The number of nitrogens with one attached hydrogen (secondary N) is 1. The molecule has 3 rings (SSSR count). The summed E-state index contributed by atoms with van der Waals surface area (Å²) in [6.07, 6.45) is 5.56. The minimum absolute atomic E-state index is 0.0712. The highest BCUT2D eigenvalue weighted by Gasteiger charge is 2.74. The smallest absolute Gasteiger partial charge is 0.226 e. The molecule has 1 aromatic heterocycles. The van der Waals surface area contributed by atoms with Gasteiger partial charge in [0.05, 0.1) is 23.2 Å². The molecular formula is C10H12ClN3O. The molecule has 0 unspecified atom stereocenters. The molecule has 1 N–H and O–H groups in total. The van der Waals surface area contributed by atoms with Crippen molar-refractivity contribution < 1.29 is 4.79 Å². The van der Waals surface area contributed by atoms with E-state index in [9.17, 15) is 4.79 Å². The van der Waals surface area contributed by atoms with Gasteiger partial charge in [0.15, 0.2) is 0 Å². The summed E-state index contributed by atoms with van der Waals surface area (Å²) in [5.74, 6) is 0.933. The lowest BCUT2D eigenvalue weighted by molar-refractivity contribution is -0.124. The second-order valence-electron chi connectivity index (χ2n) is 4.44. The maximum atomic E-state index is 11.6. The van der Waals surface area contributed by atoms with E-state index in [2.05, 4.69) is 10.4 Å². The first-order chi connectivity index (χ1) is 7.21. The lowest BCUT2D eigenvalue weighted by Gasteiger charge is -2.06. The highest BCUT2D eigenvalue weighted by atomic mass is 35.5. The molecular weight excluding hydrogens is 214 g/mol. The summed E-state index contributed by atoms with van der Waals surface area (Å²) in [7, 11) is 0. The van der Waals surface area contributed by atoms with E-state index in [4.69, 9.17) is 11.6 Å². The second-order valence-corrected chi connectivity index (χ2v) is 4.88. The van der Waals surface area contributed by atoms with Gasteiger partial charge in [-0.05, 0) is 18.8 Å². The van der Waals surface area contributed by atoms with Crippen molar-refractivity contribution in [3.63, 3.8) is 0 Å². The van der Waals surface area contributed by atoms with Crippen LogP contribution in [0.25, 0.3) is 0 Å². The number of carbonyl (C=O) groups is 1. The summed E-state index contributed by atoms with van der Waals surface area (Å²) >= 11 is 5.72. The van der Waals surface area contributed by atoms with Crippen molar-refractivity contribution in [3.05, 3.63) is 17.4 Å². The summed E-state index contributed by atoms with van der Waals surface area (Å²) < 4.78 is 1.73. The van der Waals surface area contributed by atoms with Crippen LogP contribution in [0.4, 0.5) is 0 Å². The molecule has 2 fully saturated rings. The van der Waals surface area contributed by atoms with E-state index in [1.807, 2.05) is 0 Å². The van der Waals surface area contributed by atoms with Gasteiger partial charge in [0.1, 0.15) is 0 Å². The number of amides is 1. The van der Waals surface area contributed by atoms with Gasteiger partial charge in [-0.15, -0.1) is 0 Å². The highest BCUT2D eigenvalue weighted by molar-refractivity contribution is 6.30. The molecule has 4 nitrogen and oxygen atoms in total. The van der Waals surface area contributed by atoms with Crippen LogP contribution in [-0.2, 0) is 11.3 Å². The lowest BCUT2D eigenvalue weighted by Crippen LogP contribution is -2.30. The van der Waals surface area contributed by atoms with Crippen molar-refractivity contribution in [3.8, 4) is 0 Å². The van der Waals surface area contributed by atoms with Crippen molar-refractivity contribution in [1.29, 1.82) is 0 Å². The molecule has 2 saturated carbocycles. The summed E-state index contributed by atoms with van der Waals surface area (Å²) in [4.78, 5) is 11.6. The molecule has 0 aliphatic heterocycles. The van der Waals surface area contributed by atoms with Crippen LogP contribution in [0, 0.1) is 11.3 Å². The molecule has 1 amide bonds. The van der Waals surface area contributed by atoms with Crippen LogP contribution in [-0.4, -0.2) is 22.2 Å². The van der Waals surface area contributed by atoms with Crippen LogP contribution in [0.3, 0.4) is 0 Å². The first-order valence-corrected chi connectivity index (χ1v) is 5.55. The molecule has 2 aliphatic rings. The van der Waals surface area contributed by atoms with Crippen LogP contribution in [0.2, 0.25) is 5.02 Å². The molecule has 5 heteroatoms. The number of fused-ring (bicyclic) bond motifs is 1. The first-order valence-electron chi connectivity index (χ1n) is 5.17. The zero-order valence-electron chi connectivity index (χ0n) is 8.24. The minimum atomic E-state index is 0.0712. The predicted molar refractivity (Wildman–Crippen MR) is 55.4 cm³/mol. The van der Waals surface area contributed by atoms with Crippen LogP contribution in [0.1, 0.15) is 12.8 Å². The average molecular weight is 226 g/mol. The van der Waals surface area contributed by atoms with Crippen molar-refractivity contribution in [2.24, 2.45) is 11.3 Å². The molecule has 0 saturated heterocycles. The van der Waals surface area contributed by atoms with Crippen molar-refractivity contribution in [2.45, 2.75) is 19.4 Å². The molecule has 0 spiro atoms. The van der Waals surface area contributed by atoms with Gasteiger partial charge >= 0.3 is 0 Å². The number of carbonyl (C=O) groups excluding carboxylic acids is 1. The highest BCUT2D eigenvalue weighted by Crippen LogP contribution is 2.75. The monoisotopic (exact) mass is 225 g/mol. The summed E-state index contributed by atoms with van der Waals surface area (Å²) in [5, 5.41) is 7.60. The number of nitrogens with zero attached hydrogens (tertiary/aromatic N) is 2. The molecule has 15 heavy (non-hydrogen) atoms. The van der Waals surface area contributed by atoms with Gasteiger partial charge < -0.3 is 5.32 Å². The zero-order chi connectivity index (χ0) is 10.5. The molecule has 0 radical (unpaired) electrons. The van der Waals surface area contributed by atoms with Crippen LogP contribution in [0.5, 0.6) is 0 Å². The van der Waals surface area contributed by atoms with E-state index < -0.39 is 0 Å². The first kappa shape index (κ1) is 9.21. The largest absolute Gasteiger partial charge is 0.354 e. The summed E-state index contributed by atoms with van der Waals surface area (Å²) in [6, 6.07) is 0. The van der Waals surface area contributed by atoms with Gasteiger partial charge in [0.2, 0.25) is 5.91 Å². The SMILES string of the molecule is O=C(NCCn1cc(Cl)cn1)C12CC1C2. The molecule has 0 aromatic carbocycles. The maximum Gasteiger partial charge on any atom is 0.226 e. The van der Waals surface area contributed by atoms with Gasteiger partial charge in [-0.25, -0.2) is 0 Å². The van der Waals surface area contributed by atoms with E-state index in [1.165, 1.54) is 0 Å². The van der Waals surface area contributed by atoms with Crippen LogP contribution in [0.15, 0.2) is 12.4 Å². The van der Waals surface area contributed by atoms with E-state index >= 15 is 0 Å².